The first kappa shape index (κ1) is 23.2. The van der Waals surface area contributed by atoms with E-state index in [9.17, 15) is 9.59 Å². The molecule has 3 aromatic carbocycles. The molecule has 0 atom stereocenters. The molecule has 0 spiro atoms. The Bertz CT molecular complexity index is 1740. The van der Waals surface area contributed by atoms with Crippen molar-refractivity contribution in [2.24, 2.45) is 0 Å². The standard InChI is InChI=1S/C33H26N4O2/c38-32(35-19-22-6-5-15-34-18-22)31-14-12-27-21-37(30-10-4-2-8-25(30)20-36(27)31)33(39)24-11-13-29-26(17-24)16-23-7-1-3-9-28(23)29/h1-15,17-18H,16,19-21H2,(H,35,38). The lowest BCUT2D eigenvalue weighted by Crippen LogP contribution is -2.30. The number of aromatic nitrogens is 2. The molecule has 190 valence electrons. The highest BCUT2D eigenvalue weighted by atomic mass is 16.2. The Labute approximate surface area is 226 Å². The molecule has 2 amide bonds. The fourth-order valence-corrected chi connectivity index (χ4v) is 5.75. The van der Waals surface area contributed by atoms with Crippen LogP contribution in [0.4, 0.5) is 5.69 Å². The number of rotatable bonds is 4. The van der Waals surface area contributed by atoms with Gasteiger partial charge in [0, 0.05) is 35.9 Å². The molecule has 39 heavy (non-hydrogen) atoms. The molecule has 1 aliphatic carbocycles. The predicted octanol–water partition coefficient (Wildman–Crippen LogP) is 5.59. The van der Waals surface area contributed by atoms with Crippen LogP contribution in [0.3, 0.4) is 0 Å². The Hall–Kier alpha value is -4.97. The van der Waals surface area contributed by atoms with Crippen LogP contribution in [-0.4, -0.2) is 21.4 Å². The van der Waals surface area contributed by atoms with Crippen LogP contribution >= 0.6 is 0 Å². The zero-order valence-corrected chi connectivity index (χ0v) is 21.3. The lowest BCUT2D eigenvalue weighted by molar-refractivity contribution is 0.0941. The van der Waals surface area contributed by atoms with Crippen LogP contribution in [0.25, 0.3) is 11.1 Å². The van der Waals surface area contributed by atoms with Crippen molar-refractivity contribution < 1.29 is 9.59 Å². The lowest BCUT2D eigenvalue weighted by Gasteiger charge is -2.23. The Kier molecular flexibility index (Phi) is 5.59. The number of hydrogen-bond acceptors (Lipinski definition) is 3. The van der Waals surface area contributed by atoms with E-state index in [1.807, 2.05) is 70.1 Å². The number of anilines is 1. The van der Waals surface area contributed by atoms with Gasteiger partial charge in [-0.05, 0) is 76.2 Å². The molecule has 0 saturated carbocycles. The summed E-state index contributed by atoms with van der Waals surface area (Å²) in [6, 6.07) is 30.0. The molecule has 1 aliphatic heterocycles. The van der Waals surface area contributed by atoms with E-state index in [1.165, 1.54) is 22.3 Å². The number of hydrogen-bond donors (Lipinski definition) is 1. The van der Waals surface area contributed by atoms with Crippen molar-refractivity contribution in [3.63, 3.8) is 0 Å². The molecule has 6 nitrogen and oxygen atoms in total. The van der Waals surface area contributed by atoms with Crippen molar-refractivity contribution in [2.75, 3.05) is 4.90 Å². The van der Waals surface area contributed by atoms with Crippen molar-refractivity contribution in [3.05, 3.63) is 143 Å². The van der Waals surface area contributed by atoms with Crippen LogP contribution in [0.5, 0.6) is 0 Å². The van der Waals surface area contributed by atoms with Gasteiger partial charge >= 0.3 is 0 Å². The van der Waals surface area contributed by atoms with Gasteiger partial charge in [0.05, 0.1) is 13.1 Å². The predicted molar refractivity (Wildman–Crippen MR) is 151 cm³/mol. The van der Waals surface area contributed by atoms with Crippen LogP contribution in [0.1, 0.15) is 48.8 Å². The van der Waals surface area contributed by atoms with Gasteiger partial charge < -0.3 is 14.8 Å². The fourth-order valence-electron chi connectivity index (χ4n) is 5.75. The SMILES string of the molecule is O=C(NCc1cccnc1)c1ccc2n1Cc1ccccc1N(C(=O)c1ccc3c(c1)Cc1ccccc1-3)C2. The summed E-state index contributed by atoms with van der Waals surface area (Å²) >= 11 is 0. The van der Waals surface area contributed by atoms with Crippen molar-refractivity contribution in [2.45, 2.75) is 26.1 Å². The van der Waals surface area contributed by atoms with E-state index in [2.05, 4.69) is 40.6 Å². The van der Waals surface area contributed by atoms with Crippen molar-refractivity contribution in [3.8, 4) is 11.1 Å². The third kappa shape index (κ3) is 4.10. The van der Waals surface area contributed by atoms with Gasteiger partial charge in [0.2, 0.25) is 0 Å². The second-order valence-electron chi connectivity index (χ2n) is 10.1. The molecular weight excluding hydrogens is 484 g/mol. The van der Waals surface area contributed by atoms with Gasteiger partial charge in [-0.15, -0.1) is 0 Å². The van der Waals surface area contributed by atoms with E-state index in [0.717, 1.165) is 28.9 Å². The molecule has 1 N–H and O–H groups in total. The smallest absolute Gasteiger partial charge is 0.268 e. The third-order valence-electron chi connectivity index (χ3n) is 7.70. The normalized spacial score (nSPS) is 13.1. The Morgan fingerprint density at radius 3 is 2.49 bits per heavy atom. The maximum Gasteiger partial charge on any atom is 0.268 e. The Morgan fingerprint density at radius 1 is 0.795 bits per heavy atom. The van der Waals surface area contributed by atoms with Gasteiger partial charge in [0.25, 0.3) is 11.8 Å². The van der Waals surface area contributed by atoms with Gasteiger partial charge in [-0.3, -0.25) is 14.6 Å². The molecule has 6 heteroatoms. The molecule has 7 rings (SSSR count). The number of benzene rings is 3. The molecule has 0 saturated heterocycles. The highest BCUT2D eigenvalue weighted by Gasteiger charge is 2.28. The Morgan fingerprint density at radius 2 is 1.62 bits per heavy atom. The lowest BCUT2D eigenvalue weighted by atomic mass is 10.0. The zero-order chi connectivity index (χ0) is 26.3. The van der Waals surface area contributed by atoms with Gasteiger partial charge in [0.15, 0.2) is 0 Å². The highest BCUT2D eigenvalue weighted by Crippen LogP contribution is 2.37. The van der Waals surface area contributed by atoms with Crippen molar-refractivity contribution >= 4 is 17.5 Å². The molecule has 3 heterocycles. The summed E-state index contributed by atoms with van der Waals surface area (Å²) in [4.78, 5) is 33.2. The average molecular weight is 511 g/mol. The summed E-state index contributed by atoms with van der Waals surface area (Å²) in [6.45, 7) is 1.29. The monoisotopic (exact) mass is 510 g/mol. The van der Waals surface area contributed by atoms with Crippen molar-refractivity contribution in [1.82, 2.24) is 14.9 Å². The summed E-state index contributed by atoms with van der Waals surface area (Å²) in [6.07, 6.45) is 4.30. The molecule has 5 aromatic rings. The summed E-state index contributed by atoms with van der Waals surface area (Å²) in [7, 11) is 0. The van der Waals surface area contributed by atoms with Gasteiger partial charge in [-0.25, -0.2) is 0 Å². The number of pyridine rings is 1. The summed E-state index contributed by atoms with van der Waals surface area (Å²) in [5.74, 6) is -0.195. The average Bonchev–Trinajstić information content (AvgIpc) is 3.51. The summed E-state index contributed by atoms with van der Waals surface area (Å²) in [5, 5.41) is 3.01. The minimum Gasteiger partial charge on any atom is -0.347 e. The second kappa shape index (κ2) is 9.40. The molecule has 0 unspecified atom stereocenters. The molecule has 0 fully saturated rings. The van der Waals surface area contributed by atoms with Gasteiger partial charge in [-0.2, -0.15) is 0 Å². The summed E-state index contributed by atoms with van der Waals surface area (Å²) < 4.78 is 2.02. The number of para-hydroxylation sites is 1. The second-order valence-corrected chi connectivity index (χ2v) is 10.1. The van der Waals surface area contributed by atoms with Gasteiger partial charge in [-0.1, -0.05) is 54.6 Å². The number of carbonyl (C=O) groups excluding carboxylic acids is 2. The minimum atomic E-state index is -0.152. The highest BCUT2D eigenvalue weighted by molar-refractivity contribution is 6.07. The number of amides is 2. The number of nitrogens with one attached hydrogen (secondary N) is 1. The van der Waals surface area contributed by atoms with E-state index in [-0.39, 0.29) is 11.8 Å². The van der Waals surface area contributed by atoms with E-state index < -0.39 is 0 Å². The van der Waals surface area contributed by atoms with Crippen molar-refractivity contribution in [1.29, 1.82) is 0 Å². The minimum absolute atomic E-state index is 0.0431. The topological polar surface area (TPSA) is 67.2 Å². The van der Waals surface area contributed by atoms with Crippen LogP contribution < -0.4 is 10.2 Å². The van der Waals surface area contributed by atoms with Gasteiger partial charge in [0.1, 0.15) is 5.69 Å². The fraction of sp³-hybridized carbons (Fsp3) is 0.121. The van der Waals surface area contributed by atoms with Crippen LogP contribution in [0, 0.1) is 0 Å². The molecule has 0 radical (unpaired) electrons. The largest absolute Gasteiger partial charge is 0.347 e. The van der Waals surface area contributed by atoms with E-state index >= 15 is 0 Å². The molecule has 2 aromatic heterocycles. The quantitative estimate of drug-likeness (QED) is 0.336. The molecule has 0 bridgehead atoms. The van der Waals surface area contributed by atoms with E-state index in [4.69, 9.17) is 0 Å². The first-order chi connectivity index (χ1) is 19.2. The van der Waals surface area contributed by atoms with Crippen LogP contribution in [0.15, 0.2) is 103 Å². The van der Waals surface area contributed by atoms with E-state index in [1.54, 1.807) is 12.4 Å². The maximum absolute atomic E-state index is 14.0. The van der Waals surface area contributed by atoms with Crippen LogP contribution in [-0.2, 0) is 26.1 Å². The van der Waals surface area contributed by atoms with Crippen LogP contribution in [0.2, 0.25) is 0 Å². The number of carbonyl (C=O) groups is 2. The maximum atomic E-state index is 14.0. The zero-order valence-electron chi connectivity index (χ0n) is 21.3. The molecular formula is C33H26N4O2. The third-order valence-corrected chi connectivity index (χ3v) is 7.70. The first-order valence-corrected chi connectivity index (χ1v) is 13.1. The number of nitrogens with zero attached hydrogens (tertiary/aromatic N) is 3. The molecule has 2 aliphatic rings. The Balaban J connectivity index is 1.19. The number of fused-ring (bicyclic) bond motifs is 5. The summed E-state index contributed by atoms with van der Waals surface area (Å²) in [5.41, 5.74) is 9.90. The first-order valence-electron chi connectivity index (χ1n) is 13.1. The van der Waals surface area contributed by atoms with E-state index in [0.29, 0.717) is 30.9 Å².